The summed E-state index contributed by atoms with van der Waals surface area (Å²) in [6, 6.07) is 6.67. The molecule has 1 saturated carbocycles. The number of allylic oxidation sites excluding steroid dienone is 1. The van der Waals surface area contributed by atoms with Gasteiger partial charge in [0.1, 0.15) is 6.29 Å². The molecule has 0 aromatic heterocycles. The Morgan fingerprint density at radius 2 is 1.85 bits per heavy atom. The van der Waals surface area contributed by atoms with Gasteiger partial charge in [0.25, 0.3) is 0 Å². The molecular formula is C15H19NO3S. The van der Waals surface area contributed by atoms with E-state index in [0.717, 1.165) is 12.0 Å². The highest BCUT2D eigenvalue weighted by Gasteiger charge is 2.27. The fourth-order valence-electron chi connectivity index (χ4n) is 2.01. The van der Waals surface area contributed by atoms with Crippen molar-refractivity contribution < 1.29 is 13.2 Å². The molecule has 2 rings (SSSR count). The van der Waals surface area contributed by atoms with Crippen LogP contribution in [0.1, 0.15) is 18.9 Å². The molecule has 0 spiro atoms. The zero-order valence-electron chi connectivity index (χ0n) is 11.7. The van der Waals surface area contributed by atoms with E-state index in [9.17, 15) is 13.2 Å². The number of aryl methyl sites for hydroxylation is 1. The average molecular weight is 293 g/mol. The third-order valence-corrected chi connectivity index (χ3v) is 5.35. The summed E-state index contributed by atoms with van der Waals surface area (Å²) in [5.41, 5.74) is 2.26. The van der Waals surface area contributed by atoms with Gasteiger partial charge >= 0.3 is 0 Å². The molecule has 1 fully saturated rings. The number of carbonyl (C=O) groups is 1. The summed E-state index contributed by atoms with van der Waals surface area (Å²) >= 11 is 0. The third-order valence-electron chi connectivity index (χ3n) is 3.51. The molecule has 4 nitrogen and oxygen atoms in total. The molecule has 0 amide bonds. The van der Waals surface area contributed by atoms with Crippen LogP contribution >= 0.6 is 0 Å². The lowest BCUT2D eigenvalue weighted by Crippen LogP contribution is -2.33. The molecule has 0 radical (unpaired) electrons. The first-order valence-electron chi connectivity index (χ1n) is 6.64. The van der Waals surface area contributed by atoms with Crippen LogP contribution in [0.25, 0.3) is 0 Å². The van der Waals surface area contributed by atoms with E-state index in [4.69, 9.17) is 0 Å². The van der Waals surface area contributed by atoms with Crippen LogP contribution < -0.4 is 0 Å². The second-order valence-corrected chi connectivity index (χ2v) is 7.12. The Kier molecular flexibility index (Phi) is 4.40. The van der Waals surface area contributed by atoms with Gasteiger partial charge in [0.15, 0.2) is 0 Å². The fraction of sp³-hybridized carbons (Fsp3) is 0.400. The molecule has 1 aliphatic rings. The third kappa shape index (κ3) is 3.35. The monoisotopic (exact) mass is 293 g/mol. The lowest BCUT2D eigenvalue weighted by molar-refractivity contribution is -0.108. The van der Waals surface area contributed by atoms with Gasteiger partial charge < -0.3 is 4.79 Å². The van der Waals surface area contributed by atoms with E-state index >= 15 is 0 Å². The summed E-state index contributed by atoms with van der Waals surface area (Å²) in [6.45, 7) is 4.14. The van der Waals surface area contributed by atoms with E-state index < -0.39 is 10.0 Å². The van der Waals surface area contributed by atoms with E-state index in [-0.39, 0.29) is 18.0 Å². The van der Waals surface area contributed by atoms with Gasteiger partial charge in [-0.15, -0.1) is 0 Å². The molecule has 0 saturated heterocycles. The van der Waals surface area contributed by atoms with Crippen LogP contribution in [0.3, 0.4) is 0 Å². The first kappa shape index (κ1) is 14.9. The van der Waals surface area contributed by atoms with Gasteiger partial charge in [-0.05, 0) is 31.4 Å². The first-order chi connectivity index (χ1) is 9.45. The Morgan fingerprint density at radius 1 is 1.25 bits per heavy atom. The predicted octanol–water partition coefficient (Wildman–Crippen LogP) is 2.15. The van der Waals surface area contributed by atoms with Crippen molar-refractivity contribution in [1.29, 1.82) is 0 Å². The van der Waals surface area contributed by atoms with Gasteiger partial charge in [-0.3, -0.25) is 0 Å². The minimum Gasteiger partial charge on any atom is -0.302 e. The highest BCUT2D eigenvalue weighted by molar-refractivity contribution is 7.89. The first-order valence-corrected chi connectivity index (χ1v) is 8.08. The second kappa shape index (κ2) is 5.89. The van der Waals surface area contributed by atoms with Gasteiger partial charge in [-0.25, -0.2) is 8.42 Å². The number of nitrogens with zero attached hydrogens (tertiary/aromatic N) is 1. The quantitative estimate of drug-likeness (QED) is 0.596. The highest BCUT2D eigenvalue weighted by Crippen LogP contribution is 2.36. The molecule has 1 aromatic carbocycles. The van der Waals surface area contributed by atoms with Crippen LogP contribution in [0.5, 0.6) is 0 Å². The summed E-state index contributed by atoms with van der Waals surface area (Å²) in [6.07, 6.45) is 3.57. The number of aldehydes is 1. The molecule has 1 aliphatic carbocycles. The molecular weight excluding hydrogens is 274 g/mol. The maximum absolute atomic E-state index is 12.5. The topological polar surface area (TPSA) is 54.5 Å². The molecule has 0 heterocycles. The van der Waals surface area contributed by atoms with Gasteiger partial charge in [0.05, 0.1) is 11.4 Å². The molecule has 0 aliphatic heterocycles. The normalized spacial score (nSPS) is 20.4. The van der Waals surface area contributed by atoms with Crippen molar-refractivity contribution in [2.75, 3.05) is 13.1 Å². The summed E-state index contributed by atoms with van der Waals surface area (Å²) in [5.74, 6) is 0.551. The standard InChI is InChI=1S/C15H19NO3S/c1-12-3-5-15(6-4-12)20(18,19)16(9-10-17)8-7-14-11-13(14)2/h3-7,10,13H,8-9,11H2,1-2H3/b14-7-/t13-/m0/s1. The van der Waals surface area contributed by atoms with E-state index in [1.165, 1.54) is 9.88 Å². The molecule has 0 N–H and O–H groups in total. The van der Waals surface area contributed by atoms with Crippen molar-refractivity contribution in [3.05, 3.63) is 41.5 Å². The SMILES string of the molecule is Cc1ccc(S(=O)(=O)N(CC=O)C/C=C2/C[C@@H]2C)cc1. The fourth-order valence-corrected chi connectivity index (χ4v) is 3.32. The van der Waals surface area contributed by atoms with Crippen LogP contribution in [-0.2, 0) is 14.8 Å². The van der Waals surface area contributed by atoms with Gasteiger partial charge in [0, 0.05) is 6.54 Å². The minimum absolute atomic E-state index is 0.117. The molecule has 0 unspecified atom stereocenters. The van der Waals surface area contributed by atoms with E-state index in [1.54, 1.807) is 24.3 Å². The zero-order chi connectivity index (χ0) is 14.8. The Morgan fingerprint density at radius 3 is 2.35 bits per heavy atom. The van der Waals surface area contributed by atoms with Crippen molar-refractivity contribution in [2.45, 2.75) is 25.2 Å². The summed E-state index contributed by atoms with van der Waals surface area (Å²) in [5, 5.41) is 0. The number of rotatable bonds is 6. The number of hydrogen-bond donors (Lipinski definition) is 0. The molecule has 1 aromatic rings. The Labute approximate surface area is 120 Å². The summed E-state index contributed by atoms with van der Waals surface area (Å²) in [4.78, 5) is 11.0. The molecule has 5 heteroatoms. The molecule has 1 atom stereocenters. The minimum atomic E-state index is -3.61. The van der Waals surface area contributed by atoms with Gasteiger partial charge in [-0.2, -0.15) is 4.31 Å². The number of carbonyl (C=O) groups excluding carboxylic acids is 1. The number of benzene rings is 1. The Hall–Kier alpha value is -1.46. The van der Waals surface area contributed by atoms with E-state index in [0.29, 0.717) is 12.2 Å². The van der Waals surface area contributed by atoms with Crippen LogP contribution in [0, 0.1) is 12.8 Å². The van der Waals surface area contributed by atoms with Crippen LogP contribution in [0.15, 0.2) is 40.8 Å². The summed E-state index contributed by atoms with van der Waals surface area (Å²) < 4.78 is 26.2. The highest BCUT2D eigenvalue weighted by atomic mass is 32.2. The molecule has 108 valence electrons. The van der Waals surface area contributed by atoms with Crippen molar-refractivity contribution in [1.82, 2.24) is 4.31 Å². The van der Waals surface area contributed by atoms with Crippen LogP contribution in [-0.4, -0.2) is 32.1 Å². The number of sulfonamides is 1. The largest absolute Gasteiger partial charge is 0.302 e. The van der Waals surface area contributed by atoms with Crippen LogP contribution in [0.2, 0.25) is 0 Å². The van der Waals surface area contributed by atoms with Crippen molar-refractivity contribution >= 4 is 16.3 Å². The van der Waals surface area contributed by atoms with Gasteiger partial charge in [-0.1, -0.05) is 36.3 Å². The average Bonchev–Trinajstić information content (AvgIpc) is 3.11. The maximum Gasteiger partial charge on any atom is 0.243 e. The maximum atomic E-state index is 12.5. The Balaban J connectivity index is 2.22. The molecule has 0 bridgehead atoms. The van der Waals surface area contributed by atoms with Crippen LogP contribution in [0.4, 0.5) is 0 Å². The number of hydrogen-bond acceptors (Lipinski definition) is 3. The molecule has 20 heavy (non-hydrogen) atoms. The summed E-state index contributed by atoms with van der Waals surface area (Å²) in [7, 11) is -3.61. The van der Waals surface area contributed by atoms with Crippen molar-refractivity contribution in [3.63, 3.8) is 0 Å². The Bertz CT molecular complexity index is 617. The predicted molar refractivity (Wildman–Crippen MR) is 77.9 cm³/mol. The van der Waals surface area contributed by atoms with Crippen molar-refractivity contribution in [2.24, 2.45) is 5.92 Å². The van der Waals surface area contributed by atoms with E-state index in [1.807, 2.05) is 13.0 Å². The van der Waals surface area contributed by atoms with Crippen molar-refractivity contribution in [3.8, 4) is 0 Å². The van der Waals surface area contributed by atoms with E-state index in [2.05, 4.69) is 6.92 Å². The lowest BCUT2D eigenvalue weighted by Gasteiger charge is -2.18. The lowest BCUT2D eigenvalue weighted by atomic mass is 10.2. The smallest absolute Gasteiger partial charge is 0.243 e. The van der Waals surface area contributed by atoms with Gasteiger partial charge in [0.2, 0.25) is 10.0 Å². The zero-order valence-corrected chi connectivity index (χ0v) is 12.6. The second-order valence-electron chi connectivity index (χ2n) is 5.19.